The Kier molecular flexibility index (Phi) is 7.16. The lowest BCUT2D eigenvalue weighted by molar-refractivity contribution is -0.161. The van der Waals surface area contributed by atoms with Crippen LogP contribution in [0.4, 0.5) is 0 Å². The molecule has 1 aliphatic rings. The second kappa shape index (κ2) is 8.43. The van der Waals surface area contributed by atoms with Crippen LogP contribution < -0.4 is 11.1 Å². The molecule has 1 saturated carbocycles. The maximum absolute atomic E-state index is 12.4. The molecule has 2 unspecified atom stereocenters. The molecule has 0 bridgehead atoms. The number of hydrogen-bond acceptors (Lipinski definition) is 6. The first-order valence-electron chi connectivity index (χ1n) is 8.05. The van der Waals surface area contributed by atoms with Gasteiger partial charge in [-0.15, -0.1) is 0 Å². The highest BCUT2D eigenvalue weighted by molar-refractivity contribution is 5.89. The monoisotopic (exact) mass is 344 g/mol. The number of aliphatic carboxylic acids is 1. The quantitative estimate of drug-likeness (QED) is 0.540. The second-order valence-corrected chi connectivity index (χ2v) is 7.08. The number of nitrogens with two attached hydrogens (primary N) is 1. The molecule has 8 nitrogen and oxygen atoms in total. The summed E-state index contributed by atoms with van der Waals surface area (Å²) in [7, 11) is 1.39. The molecule has 1 fully saturated rings. The minimum atomic E-state index is -1.24. The number of nitrogens with one attached hydrogen (secondary N) is 1. The predicted molar refractivity (Wildman–Crippen MR) is 86.1 cm³/mol. The minimum absolute atomic E-state index is 0.0775. The highest BCUT2D eigenvalue weighted by atomic mass is 16.6. The third-order valence-electron chi connectivity index (χ3n) is 4.44. The number of ether oxygens (including phenoxy) is 2. The van der Waals surface area contributed by atoms with Crippen LogP contribution in [0.3, 0.4) is 0 Å². The Labute approximate surface area is 142 Å². The van der Waals surface area contributed by atoms with Crippen molar-refractivity contribution in [2.45, 2.75) is 58.2 Å². The van der Waals surface area contributed by atoms with E-state index in [2.05, 4.69) is 5.32 Å². The van der Waals surface area contributed by atoms with Gasteiger partial charge >= 0.3 is 11.9 Å². The van der Waals surface area contributed by atoms with Gasteiger partial charge in [0.1, 0.15) is 6.10 Å². The van der Waals surface area contributed by atoms with Crippen LogP contribution in [0.25, 0.3) is 0 Å². The molecule has 1 rings (SSSR count). The van der Waals surface area contributed by atoms with E-state index in [1.165, 1.54) is 7.11 Å². The molecule has 0 heterocycles. The first-order chi connectivity index (χ1) is 11.1. The Bertz CT molecular complexity index is 479. The van der Waals surface area contributed by atoms with E-state index in [0.717, 1.165) is 12.8 Å². The van der Waals surface area contributed by atoms with Gasteiger partial charge in [0.2, 0.25) is 5.91 Å². The zero-order valence-electron chi connectivity index (χ0n) is 14.7. The molecule has 0 aromatic rings. The van der Waals surface area contributed by atoms with Crippen LogP contribution in [-0.2, 0) is 23.9 Å². The Balaban J connectivity index is 2.71. The maximum atomic E-state index is 12.4. The molecule has 0 aromatic heterocycles. The van der Waals surface area contributed by atoms with Gasteiger partial charge in [0.15, 0.2) is 6.04 Å². The molecule has 24 heavy (non-hydrogen) atoms. The van der Waals surface area contributed by atoms with Crippen LogP contribution in [0.15, 0.2) is 0 Å². The zero-order valence-corrected chi connectivity index (χ0v) is 14.7. The third-order valence-corrected chi connectivity index (χ3v) is 4.44. The number of esters is 1. The van der Waals surface area contributed by atoms with Crippen molar-refractivity contribution in [2.75, 3.05) is 13.7 Å². The van der Waals surface area contributed by atoms with E-state index in [0.29, 0.717) is 0 Å². The van der Waals surface area contributed by atoms with Gasteiger partial charge in [0, 0.05) is 12.5 Å². The summed E-state index contributed by atoms with van der Waals surface area (Å²) in [5, 5.41) is 11.1. The minimum Gasteiger partial charge on any atom is -0.481 e. The highest BCUT2D eigenvalue weighted by Gasteiger charge is 2.43. The number of carboxylic acids is 1. The lowest BCUT2D eigenvalue weighted by Gasteiger charge is -2.31. The van der Waals surface area contributed by atoms with Gasteiger partial charge in [0.05, 0.1) is 19.1 Å². The summed E-state index contributed by atoms with van der Waals surface area (Å²) in [6.45, 7) is 6.04. The van der Waals surface area contributed by atoms with Gasteiger partial charge in [-0.25, -0.2) is 4.79 Å². The molecule has 8 heteroatoms. The van der Waals surface area contributed by atoms with Gasteiger partial charge < -0.3 is 25.6 Å². The van der Waals surface area contributed by atoms with Crippen LogP contribution in [-0.4, -0.2) is 54.9 Å². The zero-order chi connectivity index (χ0) is 18.5. The average Bonchev–Trinajstić information content (AvgIpc) is 2.72. The van der Waals surface area contributed by atoms with Crippen molar-refractivity contribution < 1.29 is 29.0 Å². The number of amides is 1. The van der Waals surface area contributed by atoms with Crippen LogP contribution in [0.5, 0.6) is 0 Å². The number of carbonyl (C=O) groups excluding carboxylic acids is 2. The molecule has 0 aromatic carbocycles. The molecule has 1 amide bonds. The normalized spacial score (nSPS) is 24.9. The van der Waals surface area contributed by atoms with Gasteiger partial charge in [-0.2, -0.15) is 0 Å². The maximum Gasteiger partial charge on any atom is 0.331 e. The van der Waals surface area contributed by atoms with Crippen LogP contribution in [0.2, 0.25) is 0 Å². The first kappa shape index (κ1) is 20.4. The third kappa shape index (κ3) is 5.45. The first-order valence-corrected chi connectivity index (χ1v) is 8.05. The Morgan fingerprint density at radius 1 is 1.38 bits per heavy atom. The van der Waals surface area contributed by atoms with Gasteiger partial charge in [-0.1, -0.05) is 20.8 Å². The van der Waals surface area contributed by atoms with Gasteiger partial charge in [0.25, 0.3) is 0 Å². The average molecular weight is 344 g/mol. The van der Waals surface area contributed by atoms with E-state index in [9.17, 15) is 14.4 Å². The molecule has 4 atom stereocenters. The summed E-state index contributed by atoms with van der Waals surface area (Å²) >= 11 is 0. The van der Waals surface area contributed by atoms with Crippen LogP contribution in [0.1, 0.15) is 40.0 Å². The number of methoxy groups -OCH3 is 1. The van der Waals surface area contributed by atoms with Crippen molar-refractivity contribution in [3.8, 4) is 0 Å². The lowest BCUT2D eigenvalue weighted by atomic mass is 9.87. The SMILES string of the molecule is COC[C@@H](NC(=O)[C@@H](N)CC(=O)O)C(=O)OC1C(C)CCC1(C)C. The fourth-order valence-corrected chi connectivity index (χ4v) is 3.04. The van der Waals surface area contributed by atoms with Crippen molar-refractivity contribution in [3.05, 3.63) is 0 Å². The Morgan fingerprint density at radius 3 is 2.46 bits per heavy atom. The predicted octanol–water partition coefficient (Wildman–Crippen LogP) is 0.288. The summed E-state index contributed by atoms with van der Waals surface area (Å²) in [5.41, 5.74) is 5.38. The fourth-order valence-electron chi connectivity index (χ4n) is 3.04. The molecule has 4 N–H and O–H groups in total. The molecule has 0 radical (unpaired) electrons. The molecular weight excluding hydrogens is 316 g/mol. The van der Waals surface area contributed by atoms with Crippen molar-refractivity contribution in [2.24, 2.45) is 17.1 Å². The molecule has 1 aliphatic carbocycles. The lowest BCUT2D eigenvalue weighted by Crippen LogP contribution is -2.52. The van der Waals surface area contributed by atoms with Crippen molar-refractivity contribution in [1.82, 2.24) is 5.32 Å². The van der Waals surface area contributed by atoms with Crippen molar-refractivity contribution in [3.63, 3.8) is 0 Å². The number of hydrogen-bond donors (Lipinski definition) is 3. The van der Waals surface area contributed by atoms with E-state index >= 15 is 0 Å². The van der Waals surface area contributed by atoms with Crippen molar-refractivity contribution in [1.29, 1.82) is 0 Å². The summed E-state index contributed by atoms with van der Waals surface area (Å²) in [4.78, 5) is 35.0. The molecule has 0 aliphatic heterocycles. The van der Waals surface area contributed by atoms with Crippen molar-refractivity contribution >= 4 is 17.8 Å². The largest absolute Gasteiger partial charge is 0.481 e. The highest BCUT2D eigenvalue weighted by Crippen LogP contribution is 2.43. The van der Waals surface area contributed by atoms with Gasteiger partial charge in [-0.05, 0) is 18.8 Å². The fraction of sp³-hybridized carbons (Fsp3) is 0.812. The molecule has 138 valence electrons. The van der Waals surface area contributed by atoms with Crippen LogP contribution >= 0.6 is 0 Å². The van der Waals surface area contributed by atoms with E-state index in [1.54, 1.807) is 0 Å². The summed E-state index contributed by atoms with van der Waals surface area (Å²) < 4.78 is 10.6. The Morgan fingerprint density at radius 2 is 2.00 bits per heavy atom. The van der Waals surface area contributed by atoms with Gasteiger partial charge in [-0.3, -0.25) is 9.59 Å². The second-order valence-electron chi connectivity index (χ2n) is 7.08. The summed E-state index contributed by atoms with van der Waals surface area (Å²) in [5.74, 6) is -2.28. The molecular formula is C16H28N2O6. The van der Waals surface area contributed by atoms with E-state index in [4.69, 9.17) is 20.3 Å². The smallest absolute Gasteiger partial charge is 0.331 e. The van der Waals surface area contributed by atoms with E-state index < -0.39 is 36.4 Å². The summed E-state index contributed by atoms with van der Waals surface area (Å²) in [6.07, 6.45) is 1.16. The Hall–Kier alpha value is -1.67. The number of carbonyl (C=O) groups is 3. The molecule has 0 spiro atoms. The molecule has 0 saturated heterocycles. The van der Waals surface area contributed by atoms with Crippen LogP contribution in [0, 0.1) is 11.3 Å². The topological polar surface area (TPSA) is 128 Å². The van der Waals surface area contributed by atoms with E-state index in [-0.39, 0.29) is 24.0 Å². The van der Waals surface area contributed by atoms with E-state index in [1.807, 2.05) is 20.8 Å². The number of carboxylic acid groups (broad SMARTS) is 1. The number of rotatable bonds is 8. The summed E-state index contributed by atoms with van der Waals surface area (Å²) in [6, 6.07) is -2.26. The standard InChI is InChI=1S/C16H28N2O6/c1-9-5-6-16(2,3)13(9)24-15(22)11(8-23-4)18-14(21)10(17)7-12(19)20/h9-11,13H,5-8,17H2,1-4H3,(H,18,21)(H,19,20)/t9?,10-,11+,13?/m0/s1.